The van der Waals surface area contributed by atoms with Gasteiger partial charge in [-0.25, -0.2) is 0 Å². The number of nitrogens with two attached hydrogens (primary N) is 1. The maximum Gasteiger partial charge on any atom is 0.0726 e. The SMILES string of the molecule is Cn1cc(C(CN)N2CCCC2(C)C)c(C(C)(C)C)n1. The Balaban J connectivity index is 2.43. The maximum absolute atomic E-state index is 6.15. The van der Waals surface area contributed by atoms with Gasteiger partial charge in [-0.15, -0.1) is 0 Å². The van der Waals surface area contributed by atoms with Crippen molar-refractivity contribution in [1.29, 1.82) is 0 Å². The first-order valence-electron chi connectivity index (χ1n) is 7.67. The molecular weight excluding hydrogens is 248 g/mol. The quantitative estimate of drug-likeness (QED) is 0.924. The standard InChI is InChI=1S/C16H30N4/c1-15(2,3)14-12(11-19(6)18-14)13(10-17)20-9-7-8-16(20,4)5/h11,13H,7-10,17H2,1-6H3. The van der Waals surface area contributed by atoms with Crippen LogP contribution in [0, 0.1) is 0 Å². The third kappa shape index (κ3) is 2.77. The van der Waals surface area contributed by atoms with E-state index in [0.717, 1.165) is 6.54 Å². The summed E-state index contributed by atoms with van der Waals surface area (Å²) in [6.07, 6.45) is 4.66. The summed E-state index contributed by atoms with van der Waals surface area (Å²) in [5.41, 5.74) is 8.91. The number of hydrogen-bond acceptors (Lipinski definition) is 3. The average molecular weight is 278 g/mol. The van der Waals surface area contributed by atoms with Gasteiger partial charge < -0.3 is 5.73 Å². The van der Waals surface area contributed by atoms with E-state index in [9.17, 15) is 0 Å². The van der Waals surface area contributed by atoms with Gasteiger partial charge in [0.1, 0.15) is 0 Å². The second-order valence-electron chi connectivity index (χ2n) is 7.72. The van der Waals surface area contributed by atoms with E-state index < -0.39 is 0 Å². The Morgan fingerprint density at radius 2 is 2.05 bits per heavy atom. The van der Waals surface area contributed by atoms with Crippen LogP contribution in [0.3, 0.4) is 0 Å². The molecule has 2 rings (SSSR count). The van der Waals surface area contributed by atoms with Crippen LogP contribution in [0.5, 0.6) is 0 Å². The van der Waals surface area contributed by atoms with Crippen molar-refractivity contribution in [1.82, 2.24) is 14.7 Å². The van der Waals surface area contributed by atoms with Crippen LogP contribution in [0.2, 0.25) is 0 Å². The highest BCUT2D eigenvalue weighted by atomic mass is 15.3. The normalized spacial score (nSPS) is 21.4. The topological polar surface area (TPSA) is 47.1 Å². The number of hydrogen-bond donors (Lipinski definition) is 1. The zero-order valence-corrected chi connectivity index (χ0v) is 13.9. The lowest BCUT2D eigenvalue weighted by Gasteiger charge is -2.38. The molecule has 2 heterocycles. The fourth-order valence-electron chi connectivity index (χ4n) is 3.46. The smallest absolute Gasteiger partial charge is 0.0726 e. The monoisotopic (exact) mass is 278 g/mol. The summed E-state index contributed by atoms with van der Waals surface area (Å²) in [5.74, 6) is 0. The lowest BCUT2D eigenvalue weighted by molar-refractivity contribution is 0.118. The van der Waals surface area contributed by atoms with Gasteiger partial charge in [-0.05, 0) is 33.2 Å². The van der Waals surface area contributed by atoms with Gasteiger partial charge in [0.2, 0.25) is 0 Å². The number of likely N-dealkylation sites (tertiary alicyclic amines) is 1. The third-order valence-corrected chi connectivity index (χ3v) is 4.49. The van der Waals surface area contributed by atoms with Crippen LogP contribution in [0.4, 0.5) is 0 Å². The molecule has 114 valence electrons. The summed E-state index contributed by atoms with van der Waals surface area (Å²) in [4.78, 5) is 2.57. The molecule has 0 bridgehead atoms. The van der Waals surface area contributed by atoms with E-state index in [1.165, 1.54) is 24.1 Å². The van der Waals surface area contributed by atoms with Crippen LogP contribution in [-0.4, -0.2) is 33.3 Å². The average Bonchev–Trinajstić information content (AvgIpc) is 2.84. The van der Waals surface area contributed by atoms with Crippen LogP contribution in [0.25, 0.3) is 0 Å². The van der Waals surface area contributed by atoms with Gasteiger partial charge in [0.05, 0.1) is 11.7 Å². The molecule has 1 aliphatic heterocycles. The molecule has 0 radical (unpaired) electrons. The predicted molar refractivity (Wildman–Crippen MR) is 83.7 cm³/mol. The summed E-state index contributed by atoms with van der Waals surface area (Å²) < 4.78 is 1.93. The Morgan fingerprint density at radius 3 is 2.50 bits per heavy atom. The molecule has 1 saturated heterocycles. The van der Waals surface area contributed by atoms with Gasteiger partial charge in [0.25, 0.3) is 0 Å². The molecule has 1 aliphatic rings. The zero-order chi connectivity index (χ0) is 15.1. The van der Waals surface area contributed by atoms with Crippen molar-refractivity contribution in [2.24, 2.45) is 12.8 Å². The molecule has 1 aromatic heterocycles. The van der Waals surface area contributed by atoms with Gasteiger partial charge in [-0.2, -0.15) is 5.10 Å². The minimum Gasteiger partial charge on any atom is -0.329 e. The highest BCUT2D eigenvalue weighted by Gasteiger charge is 2.39. The summed E-state index contributed by atoms with van der Waals surface area (Å²) in [6, 6.07) is 0.274. The molecule has 0 spiro atoms. The third-order valence-electron chi connectivity index (χ3n) is 4.49. The Bertz CT molecular complexity index is 467. The van der Waals surface area contributed by atoms with E-state index in [1.807, 2.05) is 11.7 Å². The number of aryl methyl sites for hydroxylation is 1. The maximum atomic E-state index is 6.15. The van der Waals surface area contributed by atoms with Crippen molar-refractivity contribution in [2.75, 3.05) is 13.1 Å². The summed E-state index contributed by atoms with van der Waals surface area (Å²) in [5, 5.41) is 4.70. The molecule has 0 saturated carbocycles. The Hall–Kier alpha value is -0.870. The number of rotatable bonds is 3. The minimum absolute atomic E-state index is 0.0495. The zero-order valence-electron chi connectivity index (χ0n) is 13.9. The summed E-state index contributed by atoms with van der Waals surface area (Å²) >= 11 is 0. The van der Waals surface area contributed by atoms with Gasteiger partial charge >= 0.3 is 0 Å². The first-order chi connectivity index (χ1) is 9.16. The van der Waals surface area contributed by atoms with Crippen molar-refractivity contribution in [3.05, 3.63) is 17.5 Å². The Kier molecular flexibility index (Phi) is 4.00. The number of nitrogens with zero attached hydrogens (tertiary/aromatic N) is 3. The summed E-state index contributed by atoms with van der Waals surface area (Å²) in [6.45, 7) is 13.1. The Morgan fingerprint density at radius 1 is 1.40 bits per heavy atom. The summed E-state index contributed by atoms with van der Waals surface area (Å²) in [7, 11) is 2.00. The fourth-order valence-corrected chi connectivity index (χ4v) is 3.46. The largest absolute Gasteiger partial charge is 0.329 e. The molecule has 1 unspecified atom stereocenters. The van der Waals surface area contributed by atoms with E-state index in [2.05, 4.69) is 45.7 Å². The van der Waals surface area contributed by atoms with Crippen LogP contribution >= 0.6 is 0 Å². The first kappa shape index (κ1) is 15.5. The molecular formula is C16H30N4. The van der Waals surface area contributed by atoms with Crippen molar-refractivity contribution in [3.63, 3.8) is 0 Å². The Labute approximate surface area is 123 Å². The highest BCUT2D eigenvalue weighted by molar-refractivity contribution is 5.28. The molecule has 1 atom stereocenters. The van der Waals surface area contributed by atoms with Crippen LogP contribution in [0.15, 0.2) is 6.20 Å². The van der Waals surface area contributed by atoms with Crippen molar-refractivity contribution >= 4 is 0 Å². The van der Waals surface area contributed by atoms with E-state index in [4.69, 9.17) is 10.8 Å². The van der Waals surface area contributed by atoms with E-state index >= 15 is 0 Å². The van der Waals surface area contributed by atoms with Crippen molar-refractivity contribution in [3.8, 4) is 0 Å². The molecule has 1 fully saturated rings. The second kappa shape index (κ2) is 5.15. The molecule has 4 nitrogen and oxygen atoms in total. The highest BCUT2D eigenvalue weighted by Crippen LogP contribution is 2.38. The molecule has 2 N–H and O–H groups in total. The lowest BCUT2D eigenvalue weighted by Crippen LogP contribution is -2.44. The molecule has 0 amide bonds. The molecule has 0 aromatic carbocycles. The van der Waals surface area contributed by atoms with Gasteiger partial charge in [-0.1, -0.05) is 20.8 Å². The van der Waals surface area contributed by atoms with Crippen molar-refractivity contribution in [2.45, 2.75) is 64.5 Å². The predicted octanol–water partition coefficient (Wildman–Crippen LogP) is 2.59. The van der Waals surface area contributed by atoms with Crippen molar-refractivity contribution < 1.29 is 0 Å². The molecule has 0 aliphatic carbocycles. The fraction of sp³-hybridized carbons (Fsp3) is 0.812. The van der Waals surface area contributed by atoms with Gasteiger partial charge in [0.15, 0.2) is 0 Å². The van der Waals surface area contributed by atoms with Crippen LogP contribution in [0.1, 0.15) is 64.8 Å². The molecule has 1 aromatic rings. The van der Waals surface area contributed by atoms with Gasteiger partial charge in [0, 0.05) is 36.3 Å². The van der Waals surface area contributed by atoms with Crippen LogP contribution < -0.4 is 5.73 Å². The van der Waals surface area contributed by atoms with E-state index in [-0.39, 0.29) is 17.0 Å². The second-order valence-corrected chi connectivity index (χ2v) is 7.72. The number of aromatic nitrogens is 2. The van der Waals surface area contributed by atoms with E-state index in [0.29, 0.717) is 6.54 Å². The van der Waals surface area contributed by atoms with Crippen LogP contribution in [-0.2, 0) is 12.5 Å². The van der Waals surface area contributed by atoms with E-state index in [1.54, 1.807) is 0 Å². The first-order valence-corrected chi connectivity index (χ1v) is 7.67. The lowest BCUT2D eigenvalue weighted by atomic mass is 9.86. The molecule has 20 heavy (non-hydrogen) atoms. The minimum atomic E-state index is 0.0495. The van der Waals surface area contributed by atoms with Gasteiger partial charge in [-0.3, -0.25) is 9.58 Å². The molecule has 4 heteroatoms.